The summed E-state index contributed by atoms with van der Waals surface area (Å²) in [6, 6.07) is 9.25. The summed E-state index contributed by atoms with van der Waals surface area (Å²) in [5.41, 5.74) is 8.63. The van der Waals surface area contributed by atoms with Crippen LogP contribution in [0.2, 0.25) is 0 Å². The second kappa shape index (κ2) is 5.72. The first kappa shape index (κ1) is 13.9. The van der Waals surface area contributed by atoms with Gasteiger partial charge in [0.05, 0.1) is 5.52 Å². The Morgan fingerprint density at radius 3 is 2.91 bits per heavy atom. The number of aromatic amines is 1. The van der Waals surface area contributed by atoms with Crippen molar-refractivity contribution in [2.75, 3.05) is 17.6 Å². The molecule has 0 saturated heterocycles. The van der Waals surface area contributed by atoms with Crippen molar-refractivity contribution in [1.29, 1.82) is 0 Å². The highest BCUT2D eigenvalue weighted by Gasteiger charge is 2.07. The molecule has 2 heterocycles. The number of carbonyl (C=O) groups excluding carboxylic acids is 1. The number of fused-ring (bicyclic) bond motifs is 1. The largest absolute Gasteiger partial charge is 0.382 e. The minimum absolute atomic E-state index is 0.276. The lowest BCUT2D eigenvalue weighted by Gasteiger charge is -2.07. The number of benzene rings is 1. The van der Waals surface area contributed by atoms with Gasteiger partial charge in [0.1, 0.15) is 5.82 Å². The van der Waals surface area contributed by atoms with Crippen LogP contribution in [0.5, 0.6) is 0 Å². The van der Waals surface area contributed by atoms with Gasteiger partial charge in [-0.05, 0) is 42.3 Å². The van der Waals surface area contributed by atoms with E-state index in [1.54, 1.807) is 6.20 Å². The number of rotatable bonds is 3. The van der Waals surface area contributed by atoms with Crippen molar-refractivity contribution in [3.63, 3.8) is 0 Å². The Morgan fingerprint density at radius 1 is 1.27 bits per heavy atom. The lowest BCUT2D eigenvalue weighted by Crippen LogP contribution is -2.28. The van der Waals surface area contributed by atoms with Crippen LogP contribution in [-0.4, -0.2) is 27.8 Å². The normalized spacial score (nSPS) is 10.6. The number of carbonyl (C=O) groups is 1. The summed E-state index contributed by atoms with van der Waals surface area (Å²) in [6.07, 6.45) is 1.65. The molecule has 22 heavy (non-hydrogen) atoms. The molecule has 0 aliphatic heterocycles. The van der Waals surface area contributed by atoms with Gasteiger partial charge < -0.3 is 11.1 Å². The molecule has 5 N–H and O–H groups in total. The first-order chi connectivity index (χ1) is 10.7. The Kier molecular flexibility index (Phi) is 3.61. The smallest absolute Gasteiger partial charge is 0.320 e. The number of nitrogens with zero attached hydrogens (tertiary/aromatic N) is 2. The molecule has 112 valence electrons. The van der Waals surface area contributed by atoms with E-state index in [-0.39, 0.29) is 6.03 Å². The average Bonchev–Trinajstić information content (AvgIpc) is 2.89. The summed E-state index contributed by atoms with van der Waals surface area (Å²) in [5, 5.41) is 13.1. The van der Waals surface area contributed by atoms with Crippen LogP contribution in [0.15, 0.2) is 36.5 Å². The third-order valence-electron chi connectivity index (χ3n) is 3.26. The standard InChI is InChI=1S/C15H16N6O/c1-2-17-15(22)19-13-8-10(5-6-18-13)9-3-4-12-11(7-9)14(16)21-20-12/h3-8H,2H2,1H3,(H3,16,20,21)(H2,17,18,19,22). The highest BCUT2D eigenvalue weighted by atomic mass is 16.2. The number of aromatic nitrogens is 3. The fourth-order valence-corrected chi connectivity index (χ4v) is 2.21. The number of nitrogens with one attached hydrogen (secondary N) is 3. The van der Waals surface area contributed by atoms with E-state index in [9.17, 15) is 4.79 Å². The summed E-state index contributed by atoms with van der Waals surface area (Å²) < 4.78 is 0. The second-order valence-corrected chi connectivity index (χ2v) is 4.78. The van der Waals surface area contributed by atoms with Gasteiger partial charge in [0, 0.05) is 18.1 Å². The third-order valence-corrected chi connectivity index (χ3v) is 3.26. The topological polar surface area (TPSA) is 109 Å². The van der Waals surface area contributed by atoms with E-state index in [0.717, 1.165) is 22.0 Å². The van der Waals surface area contributed by atoms with Crippen molar-refractivity contribution in [2.45, 2.75) is 6.92 Å². The summed E-state index contributed by atoms with van der Waals surface area (Å²) in [7, 11) is 0. The SMILES string of the molecule is CCNC(=O)Nc1cc(-c2ccc3[nH]nc(N)c3c2)ccn1. The first-order valence-electron chi connectivity index (χ1n) is 6.92. The van der Waals surface area contributed by atoms with Gasteiger partial charge in [-0.15, -0.1) is 0 Å². The van der Waals surface area contributed by atoms with E-state index >= 15 is 0 Å². The summed E-state index contributed by atoms with van der Waals surface area (Å²) in [4.78, 5) is 15.7. The predicted molar refractivity (Wildman–Crippen MR) is 86.4 cm³/mol. The van der Waals surface area contributed by atoms with Crippen LogP contribution in [0.3, 0.4) is 0 Å². The maximum absolute atomic E-state index is 11.6. The first-order valence-corrected chi connectivity index (χ1v) is 6.92. The van der Waals surface area contributed by atoms with Gasteiger partial charge in [-0.3, -0.25) is 10.4 Å². The van der Waals surface area contributed by atoms with E-state index in [1.807, 2.05) is 37.3 Å². The number of nitrogens with two attached hydrogens (primary N) is 1. The van der Waals surface area contributed by atoms with Crippen molar-refractivity contribution in [1.82, 2.24) is 20.5 Å². The molecule has 0 aliphatic carbocycles. The summed E-state index contributed by atoms with van der Waals surface area (Å²) in [5.74, 6) is 0.954. The lowest BCUT2D eigenvalue weighted by molar-refractivity contribution is 0.252. The van der Waals surface area contributed by atoms with E-state index in [4.69, 9.17) is 5.73 Å². The number of anilines is 2. The Morgan fingerprint density at radius 2 is 2.09 bits per heavy atom. The number of nitrogen functional groups attached to an aromatic ring is 1. The van der Waals surface area contributed by atoms with Crippen LogP contribution in [0, 0.1) is 0 Å². The zero-order valence-electron chi connectivity index (χ0n) is 12.1. The second-order valence-electron chi connectivity index (χ2n) is 4.78. The van der Waals surface area contributed by atoms with Gasteiger partial charge in [-0.2, -0.15) is 5.10 Å². The molecule has 0 bridgehead atoms. The van der Waals surface area contributed by atoms with E-state index < -0.39 is 0 Å². The molecule has 1 aromatic carbocycles. The number of H-pyrrole nitrogens is 1. The van der Waals surface area contributed by atoms with Crippen LogP contribution in [0.4, 0.5) is 16.4 Å². The predicted octanol–water partition coefficient (Wildman–Crippen LogP) is 2.35. The molecule has 3 aromatic rings. The van der Waals surface area contributed by atoms with Crippen molar-refractivity contribution in [3.8, 4) is 11.1 Å². The molecule has 0 atom stereocenters. The number of pyridine rings is 1. The lowest BCUT2D eigenvalue weighted by atomic mass is 10.0. The van der Waals surface area contributed by atoms with Gasteiger partial charge in [0.2, 0.25) is 0 Å². The molecule has 2 amide bonds. The van der Waals surface area contributed by atoms with Crippen molar-refractivity contribution in [3.05, 3.63) is 36.5 Å². The Labute approximate surface area is 126 Å². The maximum Gasteiger partial charge on any atom is 0.320 e. The highest BCUT2D eigenvalue weighted by Crippen LogP contribution is 2.27. The minimum atomic E-state index is -0.276. The van der Waals surface area contributed by atoms with Gasteiger partial charge in [-0.1, -0.05) is 6.07 Å². The minimum Gasteiger partial charge on any atom is -0.382 e. The van der Waals surface area contributed by atoms with Gasteiger partial charge in [0.15, 0.2) is 5.82 Å². The van der Waals surface area contributed by atoms with Crippen LogP contribution in [0.1, 0.15) is 6.92 Å². The molecular weight excluding hydrogens is 280 g/mol. The molecular formula is C15H16N6O. The molecule has 0 spiro atoms. The number of urea groups is 1. The monoisotopic (exact) mass is 296 g/mol. The maximum atomic E-state index is 11.6. The fourth-order valence-electron chi connectivity index (χ4n) is 2.21. The van der Waals surface area contributed by atoms with E-state index in [2.05, 4.69) is 25.8 Å². The van der Waals surface area contributed by atoms with Crippen molar-refractivity contribution in [2.24, 2.45) is 0 Å². The van der Waals surface area contributed by atoms with E-state index in [1.165, 1.54) is 0 Å². The number of hydrogen-bond acceptors (Lipinski definition) is 4. The van der Waals surface area contributed by atoms with Crippen molar-refractivity contribution < 1.29 is 4.79 Å². The van der Waals surface area contributed by atoms with Crippen LogP contribution in [-0.2, 0) is 0 Å². The Balaban J connectivity index is 1.92. The molecule has 7 heteroatoms. The molecule has 0 radical (unpaired) electrons. The molecule has 2 aromatic heterocycles. The van der Waals surface area contributed by atoms with Gasteiger partial charge in [0.25, 0.3) is 0 Å². The Hall–Kier alpha value is -3.09. The highest BCUT2D eigenvalue weighted by molar-refractivity contribution is 5.93. The molecule has 0 fully saturated rings. The Bertz CT molecular complexity index is 826. The van der Waals surface area contributed by atoms with Crippen molar-refractivity contribution >= 4 is 28.6 Å². The van der Waals surface area contributed by atoms with Crippen LogP contribution >= 0.6 is 0 Å². The van der Waals surface area contributed by atoms with Gasteiger partial charge >= 0.3 is 6.03 Å². The van der Waals surface area contributed by atoms with Crippen LogP contribution < -0.4 is 16.4 Å². The fraction of sp³-hybridized carbons (Fsp3) is 0.133. The summed E-state index contributed by atoms with van der Waals surface area (Å²) in [6.45, 7) is 2.41. The number of amides is 2. The molecule has 3 rings (SSSR count). The molecule has 0 aliphatic rings. The van der Waals surface area contributed by atoms with E-state index in [0.29, 0.717) is 18.2 Å². The zero-order valence-corrected chi connectivity index (χ0v) is 12.1. The third kappa shape index (κ3) is 2.69. The average molecular weight is 296 g/mol. The zero-order chi connectivity index (χ0) is 15.5. The summed E-state index contributed by atoms with van der Waals surface area (Å²) >= 11 is 0. The molecule has 7 nitrogen and oxygen atoms in total. The molecule has 0 unspecified atom stereocenters. The number of hydrogen-bond donors (Lipinski definition) is 4. The molecule has 0 saturated carbocycles. The van der Waals surface area contributed by atoms with Crippen LogP contribution in [0.25, 0.3) is 22.0 Å². The van der Waals surface area contributed by atoms with Gasteiger partial charge in [-0.25, -0.2) is 9.78 Å². The quantitative estimate of drug-likeness (QED) is 0.594.